The second kappa shape index (κ2) is 2.27. The van der Waals surface area contributed by atoms with E-state index in [4.69, 9.17) is 11.6 Å². The van der Waals surface area contributed by atoms with E-state index < -0.39 is 0 Å². The van der Waals surface area contributed by atoms with E-state index in [1.807, 2.05) is 13.0 Å². The largest absolute Gasteiger partial charge is 0.184 e. The molecule has 2 nitrogen and oxygen atoms in total. The van der Waals surface area contributed by atoms with Crippen LogP contribution in [0.1, 0.15) is 13.3 Å². The molecule has 1 atom stereocenters. The fourth-order valence-electron chi connectivity index (χ4n) is 0.509. The van der Waals surface area contributed by atoms with Crippen LogP contribution in [0, 0.1) is 0 Å². The molecule has 0 N–H and O–H groups in total. The summed E-state index contributed by atoms with van der Waals surface area (Å²) in [4.78, 5) is 0. The fourth-order valence-corrected chi connectivity index (χ4v) is 0.642. The summed E-state index contributed by atoms with van der Waals surface area (Å²) in [6, 6.07) is 0.317. The lowest BCUT2D eigenvalue weighted by Gasteiger charge is -2.03. The number of rotatable bonds is 0. The minimum atomic E-state index is 0.317. The van der Waals surface area contributed by atoms with Gasteiger partial charge in [0.2, 0.25) is 0 Å². The van der Waals surface area contributed by atoms with Crippen LogP contribution in [0.5, 0.6) is 0 Å². The van der Waals surface area contributed by atoms with Gasteiger partial charge in [0.1, 0.15) is 5.16 Å². The summed E-state index contributed by atoms with van der Waals surface area (Å²) in [6.07, 6.45) is 2.79. The van der Waals surface area contributed by atoms with Crippen LogP contribution < -0.4 is 0 Å². The lowest BCUT2D eigenvalue weighted by molar-refractivity contribution is 0.690. The average molecular weight is 131 g/mol. The molecule has 0 radical (unpaired) electrons. The maximum Gasteiger partial charge on any atom is 0.147 e. The molecular formula is C5H7ClN2. The first-order valence-electron chi connectivity index (χ1n) is 2.55. The lowest BCUT2D eigenvalue weighted by Crippen LogP contribution is -1.96. The highest BCUT2D eigenvalue weighted by Crippen LogP contribution is 2.14. The normalized spacial score (nSPS) is 27.8. The Kier molecular flexibility index (Phi) is 1.63. The van der Waals surface area contributed by atoms with E-state index in [2.05, 4.69) is 10.2 Å². The molecule has 0 bridgehead atoms. The van der Waals surface area contributed by atoms with Crippen molar-refractivity contribution in [1.82, 2.24) is 0 Å². The molecule has 0 saturated heterocycles. The Hall–Kier alpha value is -0.370. The summed E-state index contributed by atoms with van der Waals surface area (Å²) < 4.78 is 0. The standard InChI is InChI=1S/C5H7ClN2/c1-4-2-3-5(6)8-7-4/h3-4H,2H2,1H3. The van der Waals surface area contributed by atoms with Gasteiger partial charge >= 0.3 is 0 Å². The van der Waals surface area contributed by atoms with E-state index in [-0.39, 0.29) is 0 Å². The summed E-state index contributed by atoms with van der Waals surface area (Å²) in [7, 11) is 0. The molecule has 44 valence electrons. The maximum atomic E-state index is 5.48. The summed E-state index contributed by atoms with van der Waals surface area (Å²) in [5.41, 5.74) is 0. The molecule has 0 aromatic rings. The highest BCUT2D eigenvalue weighted by atomic mass is 35.5. The van der Waals surface area contributed by atoms with Gasteiger partial charge in [0, 0.05) is 0 Å². The van der Waals surface area contributed by atoms with Crippen molar-refractivity contribution >= 4 is 11.6 Å². The molecule has 1 rings (SSSR count). The van der Waals surface area contributed by atoms with Crippen molar-refractivity contribution in [3.63, 3.8) is 0 Å². The number of azo groups is 1. The van der Waals surface area contributed by atoms with Crippen molar-refractivity contribution in [3.05, 3.63) is 11.2 Å². The summed E-state index contributed by atoms with van der Waals surface area (Å²) in [5.74, 6) is 0. The van der Waals surface area contributed by atoms with Crippen molar-refractivity contribution in [2.45, 2.75) is 19.4 Å². The van der Waals surface area contributed by atoms with Crippen molar-refractivity contribution in [2.24, 2.45) is 10.2 Å². The molecule has 1 aliphatic rings. The number of nitrogens with zero attached hydrogens (tertiary/aromatic N) is 2. The van der Waals surface area contributed by atoms with E-state index in [0.717, 1.165) is 6.42 Å². The van der Waals surface area contributed by atoms with Crippen LogP contribution in [0.15, 0.2) is 21.5 Å². The van der Waals surface area contributed by atoms with Gasteiger partial charge in [0.05, 0.1) is 6.04 Å². The van der Waals surface area contributed by atoms with Gasteiger partial charge in [-0.25, -0.2) is 0 Å². The third-order valence-corrected chi connectivity index (χ3v) is 1.21. The molecule has 1 aliphatic heterocycles. The molecule has 8 heavy (non-hydrogen) atoms. The van der Waals surface area contributed by atoms with E-state index in [1.54, 1.807) is 0 Å². The van der Waals surface area contributed by atoms with Crippen LogP contribution in [-0.4, -0.2) is 6.04 Å². The Morgan fingerprint density at radius 1 is 1.88 bits per heavy atom. The van der Waals surface area contributed by atoms with E-state index in [1.165, 1.54) is 0 Å². The minimum Gasteiger partial charge on any atom is -0.184 e. The van der Waals surface area contributed by atoms with E-state index >= 15 is 0 Å². The maximum absolute atomic E-state index is 5.48. The zero-order chi connectivity index (χ0) is 5.98. The molecule has 0 aliphatic carbocycles. The number of halogens is 1. The molecule has 3 heteroatoms. The van der Waals surface area contributed by atoms with Crippen LogP contribution in [-0.2, 0) is 0 Å². The van der Waals surface area contributed by atoms with Crippen molar-refractivity contribution in [2.75, 3.05) is 0 Å². The van der Waals surface area contributed by atoms with Crippen LogP contribution in [0.2, 0.25) is 0 Å². The van der Waals surface area contributed by atoms with Gasteiger partial charge in [-0.3, -0.25) is 0 Å². The summed E-state index contributed by atoms with van der Waals surface area (Å²) in [5, 5.41) is 8.01. The predicted octanol–water partition coefficient (Wildman–Crippen LogP) is 2.31. The molecule has 0 amide bonds. The second-order valence-electron chi connectivity index (χ2n) is 1.83. The summed E-state index contributed by atoms with van der Waals surface area (Å²) in [6.45, 7) is 2.00. The van der Waals surface area contributed by atoms with Crippen molar-refractivity contribution in [1.29, 1.82) is 0 Å². The average Bonchev–Trinajstić information content (AvgIpc) is 1.77. The van der Waals surface area contributed by atoms with Gasteiger partial charge in [0.25, 0.3) is 0 Å². The minimum absolute atomic E-state index is 0.317. The highest BCUT2D eigenvalue weighted by molar-refractivity contribution is 6.29. The lowest BCUT2D eigenvalue weighted by atomic mass is 10.2. The first kappa shape index (κ1) is 5.76. The van der Waals surface area contributed by atoms with Crippen molar-refractivity contribution in [3.8, 4) is 0 Å². The Bertz CT molecular complexity index is 139. The Morgan fingerprint density at radius 2 is 2.62 bits per heavy atom. The van der Waals surface area contributed by atoms with Crippen LogP contribution in [0.3, 0.4) is 0 Å². The molecule has 0 saturated carbocycles. The highest BCUT2D eigenvalue weighted by Gasteiger charge is 2.01. The molecule has 1 heterocycles. The third-order valence-electron chi connectivity index (χ3n) is 0.978. The molecule has 0 fully saturated rings. The molecule has 1 unspecified atom stereocenters. The number of hydrogen-bond donors (Lipinski definition) is 0. The first-order valence-corrected chi connectivity index (χ1v) is 2.93. The zero-order valence-electron chi connectivity index (χ0n) is 4.63. The molecule has 0 aromatic carbocycles. The molecule has 0 aromatic heterocycles. The molecular weight excluding hydrogens is 124 g/mol. The Morgan fingerprint density at radius 3 is 3.00 bits per heavy atom. The van der Waals surface area contributed by atoms with Gasteiger partial charge < -0.3 is 0 Å². The fraction of sp³-hybridized carbons (Fsp3) is 0.600. The van der Waals surface area contributed by atoms with E-state index in [0.29, 0.717) is 11.2 Å². The van der Waals surface area contributed by atoms with Gasteiger partial charge in [0.15, 0.2) is 0 Å². The SMILES string of the molecule is CC1CC=C(Cl)N=N1. The van der Waals surface area contributed by atoms with Crippen LogP contribution in [0.25, 0.3) is 0 Å². The topological polar surface area (TPSA) is 24.7 Å². The second-order valence-corrected chi connectivity index (χ2v) is 2.21. The smallest absolute Gasteiger partial charge is 0.147 e. The first-order chi connectivity index (χ1) is 3.79. The predicted molar refractivity (Wildman–Crippen MR) is 32.9 cm³/mol. The summed E-state index contributed by atoms with van der Waals surface area (Å²) >= 11 is 5.48. The van der Waals surface area contributed by atoms with E-state index in [9.17, 15) is 0 Å². The quantitative estimate of drug-likeness (QED) is 0.450. The molecule has 0 spiro atoms. The monoisotopic (exact) mass is 130 g/mol. The van der Waals surface area contributed by atoms with Crippen LogP contribution in [0.4, 0.5) is 0 Å². The van der Waals surface area contributed by atoms with Gasteiger partial charge in [-0.1, -0.05) is 11.6 Å². The van der Waals surface area contributed by atoms with Gasteiger partial charge in [-0.05, 0) is 19.4 Å². The number of hydrogen-bond acceptors (Lipinski definition) is 2. The van der Waals surface area contributed by atoms with Gasteiger partial charge in [-0.15, -0.1) is 5.11 Å². The Labute approximate surface area is 53.3 Å². The van der Waals surface area contributed by atoms with Crippen LogP contribution >= 0.6 is 11.6 Å². The Balaban J connectivity index is 2.58. The van der Waals surface area contributed by atoms with Gasteiger partial charge in [-0.2, -0.15) is 5.11 Å². The van der Waals surface area contributed by atoms with Crippen molar-refractivity contribution < 1.29 is 0 Å². The third kappa shape index (κ3) is 1.30. The zero-order valence-corrected chi connectivity index (χ0v) is 5.39.